The maximum absolute atomic E-state index is 10.5. The molecule has 3 aromatic rings. The van der Waals surface area contributed by atoms with Crippen molar-refractivity contribution in [3.8, 4) is 17.2 Å². The van der Waals surface area contributed by atoms with E-state index in [0.717, 1.165) is 54.4 Å². The van der Waals surface area contributed by atoms with Crippen LogP contribution in [0.4, 0.5) is 0 Å². The lowest BCUT2D eigenvalue weighted by molar-refractivity contribution is 0.216. The predicted octanol–water partition coefficient (Wildman–Crippen LogP) is 7.71. The molecule has 0 spiro atoms. The number of hydrogen-bond donors (Lipinski definition) is 3. The molecule has 3 nitrogen and oxygen atoms in total. The van der Waals surface area contributed by atoms with Crippen LogP contribution in [0.2, 0.25) is 0 Å². The smallest absolute Gasteiger partial charge is 0.121 e. The fraction of sp³-hybridized carbons (Fsp3) is 0.419. The van der Waals surface area contributed by atoms with Crippen molar-refractivity contribution in [2.24, 2.45) is 5.92 Å². The van der Waals surface area contributed by atoms with Gasteiger partial charge in [0.1, 0.15) is 17.2 Å². The molecule has 0 aliphatic heterocycles. The minimum absolute atomic E-state index is 0.178. The van der Waals surface area contributed by atoms with Crippen LogP contribution >= 0.6 is 0 Å². The lowest BCUT2D eigenvalue weighted by Crippen LogP contribution is -2.38. The fourth-order valence-corrected chi connectivity index (χ4v) is 6.45. The van der Waals surface area contributed by atoms with E-state index in [0.29, 0.717) is 23.3 Å². The number of aromatic hydroxyl groups is 3. The van der Waals surface area contributed by atoms with Crippen LogP contribution in [0.1, 0.15) is 83.9 Å². The standard InChI is InChI=1S/C31H38O3/c1-6-31(26-11-13-28(32)14-12-26,27-17-21(4)30(34)22(5)18-27)25-9-7-23(8-10-25)24-15-19(2)29(33)20(3)16-24/h11-18,23,25,32-34H,6-10H2,1-5H3. The normalized spacial score (nSPS) is 20.1. The van der Waals surface area contributed by atoms with Crippen LogP contribution in [0, 0.1) is 33.6 Å². The minimum atomic E-state index is -0.178. The average Bonchev–Trinajstić information content (AvgIpc) is 2.83. The molecule has 0 radical (unpaired) electrons. The summed E-state index contributed by atoms with van der Waals surface area (Å²) >= 11 is 0. The topological polar surface area (TPSA) is 60.7 Å². The highest BCUT2D eigenvalue weighted by Crippen LogP contribution is 2.51. The van der Waals surface area contributed by atoms with Gasteiger partial charge in [-0.3, -0.25) is 0 Å². The van der Waals surface area contributed by atoms with Crippen molar-refractivity contribution in [3.05, 3.63) is 87.5 Å². The van der Waals surface area contributed by atoms with Gasteiger partial charge in [-0.25, -0.2) is 0 Å². The van der Waals surface area contributed by atoms with E-state index >= 15 is 0 Å². The summed E-state index contributed by atoms with van der Waals surface area (Å²) in [5.74, 6) is 2.04. The number of rotatable bonds is 5. The number of phenolic OH excluding ortho intramolecular Hbond substituents is 3. The van der Waals surface area contributed by atoms with E-state index in [9.17, 15) is 15.3 Å². The molecule has 1 aliphatic carbocycles. The largest absolute Gasteiger partial charge is 0.508 e. The highest BCUT2D eigenvalue weighted by Gasteiger charge is 2.42. The third-order valence-corrected chi connectivity index (χ3v) is 8.36. The summed E-state index contributed by atoms with van der Waals surface area (Å²) in [5.41, 5.74) is 7.39. The average molecular weight is 459 g/mol. The Morgan fingerprint density at radius 2 is 1.15 bits per heavy atom. The predicted molar refractivity (Wildman–Crippen MR) is 139 cm³/mol. The van der Waals surface area contributed by atoms with Crippen molar-refractivity contribution in [2.75, 3.05) is 0 Å². The van der Waals surface area contributed by atoms with Crippen LogP contribution in [-0.4, -0.2) is 15.3 Å². The van der Waals surface area contributed by atoms with E-state index in [-0.39, 0.29) is 11.2 Å². The van der Waals surface area contributed by atoms with Crippen LogP contribution in [0.3, 0.4) is 0 Å². The second-order valence-corrected chi connectivity index (χ2v) is 10.4. The summed E-state index contributed by atoms with van der Waals surface area (Å²) in [6.07, 6.45) is 5.40. The number of phenols is 3. The van der Waals surface area contributed by atoms with Gasteiger partial charge in [0.2, 0.25) is 0 Å². The Labute approximate surface area is 204 Å². The molecule has 0 bridgehead atoms. The SMILES string of the molecule is CCC(c1ccc(O)cc1)(c1cc(C)c(O)c(C)c1)C1CCC(c2cc(C)c(O)c(C)c2)CC1. The van der Waals surface area contributed by atoms with Crippen LogP contribution in [0.15, 0.2) is 48.5 Å². The van der Waals surface area contributed by atoms with Gasteiger partial charge in [0.15, 0.2) is 0 Å². The molecule has 1 aliphatic rings. The Morgan fingerprint density at radius 3 is 1.62 bits per heavy atom. The quantitative estimate of drug-likeness (QED) is 0.367. The molecule has 3 aromatic carbocycles. The Morgan fingerprint density at radius 1 is 0.676 bits per heavy atom. The van der Waals surface area contributed by atoms with E-state index in [1.165, 1.54) is 16.7 Å². The Hall–Kier alpha value is -2.94. The number of benzene rings is 3. The third kappa shape index (κ3) is 4.17. The highest BCUT2D eigenvalue weighted by molar-refractivity contribution is 5.50. The second-order valence-electron chi connectivity index (χ2n) is 10.4. The zero-order valence-electron chi connectivity index (χ0n) is 21.2. The Kier molecular flexibility index (Phi) is 6.66. The molecule has 3 N–H and O–H groups in total. The summed E-state index contributed by atoms with van der Waals surface area (Å²) < 4.78 is 0. The summed E-state index contributed by atoms with van der Waals surface area (Å²) in [6.45, 7) is 10.2. The molecule has 34 heavy (non-hydrogen) atoms. The molecule has 1 fully saturated rings. The lowest BCUT2D eigenvalue weighted by atomic mass is 9.58. The van der Waals surface area contributed by atoms with Crippen LogP contribution in [-0.2, 0) is 5.41 Å². The van der Waals surface area contributed by atoms with Crippen molar-refractivity contribution in [3.63, 3.8) is 0 Å². The van der Waals surface area contributed by atoms with Gasteiger partial charge in [-0.2, -0.15) is 0 Å². The van der Waals surface area contributed by atoms with Crippen molar-refractivity contribution in [2.45, 2.75) is 78.1 Å². The molecular weight excluding hydrogens is 420 g/mol. The van der Waals surface area contributed by atoms with Gasteiger partial charge in [0.05, 0.1) is 0 Å². The maximum atomic E-state index is 10.5. The van der Waals surface area contributed by atoms with Crippen molar-refractivity contribution >= 4 is 0 Å². The first-order chi connectivity index (χ1) is 16.2. The van der Waals surface area contributed by atoms with E-state index in [1.807, 2.05) is 27.7 Å². The van der Waals surface area contributed by atoms with Gasteiger partial charge in [0.25, 0.3) is 0 Å². The summed E-state index contributed by atoms with van der Waals surface area (Å²) in [6, 6.07) is 16.4. The molecule has 1 atom stereocenters. The number of hydrogen-bond acceptors (Lipinski definition) is 3. The summed E-state index contributed by atoms with van der Waals surface area (Å²) in [5, 5.41) is 30.6. The van der Waals surface area contributed by atoms with Gasteiger partial charge in [0, 0.05) is 5.41 Å². The Balaban J connectivity index is 1.73. The van der Waals surface area contributed by atoms with E-state index in [4.69, 9.17) is 0 Å². The first-order valence-corrected chi connectivity index (χ1v) is 12.6. The maximum Gasteiger partial charge on any atom is 0.121 e. The molecule has 4 rings (SSSR count). The van der Waals surface area contributed by atoms with E-state index in [1.54, 1.807) is 12.1 Å². The molecular formula is C31H38O3. The summed E-state index contributed by atoms with van der Waals surface area (Å²) in [4.78, 5) is 0. The zero-order valence-corrected chi connectivity index (χ0v) is 21.2. The fourth-order valence-electron chi connectivity index (χ4n) is 6.45. The van der Waals surface area contributed by atoms with Crippen molar-refractivity contribution in [1.29, 1.82) is 0 Å². The molecule has 3 heteroatoms. The highest BCUT2D eigenvalue weighted by atomic mass is 16.3. The van der Waals surface area contributed by atoms with Gasteiger partial charge in [-0.05, 0) is 123 Å². The monoisotopic (exact) mass is 458 g/mol. The van der Waals surface area contributed by atoms with Gasteiger partial charge in [-0.15, -0.1) is 0 Å². The zero-order chi connectivity index (χ0) is 24.6. The van der Waals surface area contributed by atoms with Gasteiger partial charge >= 0.3 is 0 Å². The first kappa shape index (κ1) is 24.2. The van der Waals surface area contributed by atoms with Gasteiger partial charge in [-0.1, -0.05) is 43.3 Å². The molecule has 0 amide bonds. The number of aryl methyl sites for hydroxylation is 4. The Bertz CT molecular complexity index is 1120. The van der Waals surface area contributed by atoms with Crippen LogP contribution < -0.4 is 0 Å². The molecule has 1 saturated carbocycles. The van der Waals surface area contributed by atoms with Crippen LogP contribution in [0.25, 0.3) is 0 Å². The minimum Gasteiger partial charge on any atom is -0.508 e. The van der Waals surface area contributed by atoms with E-state index < -0.39 is 0 Å². The molecule has 0 heterocycles. The van der Waals surface area contributed by atoms with Gasteiger partial charge < -0.3 is 15.3 Å². The molecule has 0 saturated heterocycles. The van der Waals surface area contributed by atoms with Crippen molar-refractivity contribution in [1.82, 2.24) is 0 Å². The molecule has 180 valence electrons. The first-order valence-electron chi connectivity index (χ1n) is 12.6. The molecule has 1 unspecified atom stereocenters. The lowest BCUT2D eigenvalue weighted by Gasteiger charge is -2.45. The van der Waals surface area contributed by atoms with Crippen molar-refractivity contribution < 1.29 is 15.3 Å². The van der Waals surface area contributed by atoms with E-state index in [2.05, 4.69) is 43.3 Å². The third-order valence-electron chi connectivity index (χ3n) is 8.36. The second kappa shape index (κ2) is 9.37. The molecule has 0 aromatic heterocycles. The summed E-state index contributed by atoms with van der Waals surface area (Å²) in [7, 11) is 0. The van der Waals surface area contributed by atoms with Crippen LogP contribution in [0.5, 0.6) is 17.2 Å².